The second-order valence-electron chi connectivity index (χ2n) is 7.28. The number of para-hydroxylation sites is 1. The van der Waals surface area contributed by atoms with Crippen molar-refractivity contribution in [3.8, 4) is 5.75 Å². The van der Waals surface area contributed by atoms with Crippen molar-refractivity contribution in [1.29, 1.82) is 0 Å². The van der Waals surface area contributed by atoms with E-state index in [-0.39, 0.29) is 34.8 Å². The van der Waals surface area contributed by atoms with Gasteiger partial charge in [-0.05, 0) is 44.6 Å². The number of nitrogens with one attached hydrogen (secondary N) is 2. The summed E-state index contributed by atoms with van der Waals surface area (Å²) in [6.45, 7) is 9.42. The van der Waals surface area contributed by atoms with Crippen molar-refractivity contribution in [1.82, 2.24) is 10.6 Å². The SMILES string of the molecule is CCOc1cccc2cc(C(C)NC(=NC)NCC3(SCC)CCOCC3)oc12.I. The largest absolute Gasteiger partial charge is 0.490 e. The standard InChI is InChI=1S/C22H33N3O3S.HI/c1-5-27-18-9-7-8-17-14-19(28-20(17)18)16(3)25-21(23-4)24-15-22(29-6-2)10-12-26-13-11-22;/h7-9,14,16H,5-6,10-13,15H2,1-4H3,(H2,23,24,25);1H. The fraction of sp³-hybridized carbons (Fsp3) is 0.591. The van der Waals surface area contributed by atoms with Crippen molar-refractivity contribution in [2.45, 2.75) is 44.4 Å². The molecule has 6 nitrogen and oxygen atoms in total. The van der Waals surface area contributed by atoms with E-state index in [1.165, 1.54) is 0 Å². The average Bonchev–Trinajstić information content (AvgIpc) is 3.18. The molecule has 1 aromatic carbocycles. The molecule has 0 amide bonds. The van der Waals surface area contributed by atoms with Crippen LogP contribution in [0.1, 0.15) is 45.4 Å². The first-order valence-electron chi connectivity index (χ1n) is 10.4. The van der Waals surface area contributed by atoms with Crippen LogP contribution in [0.4, 0.5) is 0 Å². The van der Waals surface area contributed by atoms with Crippen LogP contribution in [-0.2, 0) is 4.74 Å². The highest BCUT2D eigenvalue weighted by Crippen LogP contribution is 2.35. The lowest BCUT2D eigenvalue weighted by Crippen LogP contribution is -2.48. The molecule has 2 aromatic rings. The summed E-state index contributed by atoms with van der Waals surface area (Å²) in [5.41, 5.74) is 0.793. The van der Waals surface area contributed by atoms with Gasteiger partial charge < -0.3 is 24.5 Å². The van der Waals surface area contributed by atoms with E-state index < -0.39 is 0 Å². The van der Waals surface area contributed by atoms with Crippen molar-refractivity contribution in [3.63, 3.8) is 0 Å². The highest BCUT2D eigenvalue weighted by molar-refractivity contribution is 14.0. The number of guanidine groups is 1. The molecule has 30 heavy (non-hydrogen) atoms. The molecule has 0 bridgehead atoms. The van der Waals surface area contributed by atoms with Crippen LogP contribution in [0.3, 0.4) is 0 Å². The number of ether oxygens (including phenoxy) is 2. The molecule has 2 heterocycles. The summed E-state index contributed by atoms with van der Waals surface area (Å²) < 4.78 is 17.6. The lowest BCUT2D eigenvalue weighted by Gasteiger charge is -2.37. The molecule has 1 fully saturated rings. The third-order valence-electron chi connectivity index (χ3n) is 5.26. The van der Waals surface area contributed by atoms with Crippen molar-refractivity contribution < 1.29 is 13.9 Å². The maximum atomic E-state index is 6.12. The van der Waals surface area contributed by atoms with Gasteiger partial charge in [-0.1, -0.05) is 19.1 Å². The molecule has 1 saturated heterocycles. The Hall–Kier alpha value is -1.13. The van der Waals surface area contributed by atoms with Gasteiger partial charge in [0, 0.05) is 36.9 Å². The number of rotatable bonds is 8. The number of hydrogen-bond donors (Lipinski definition) is 2. The van der Waals surface area contributed by atoms with E-state index in [2.05, 4.69) is 35.5 Å². The molecule has 1 unspecified atom stereocenters. The van der Waals surface area contributed by atoms with Gasteiger partial charge in [-0.15, -0.1) is 24.0 Å². The lowest BCUT2D eigenvalue weighted by molar-refractivity contribution is 0.0782. The molecule has 1 atom stereocenters. The zero-order valence-electron chi connectivity index (χ0n) is 18.3. The zero-order valence-corrected chi connectivity index (χ0v) is 21.5. The highest BCUT2D eigenvalue weighted by atomic mass is 127. The normalized spacial score (nSPS) is 17.3. The minimum Gasteiger partial charge on any atom is -0.490 e. The molecule has 8 heteroatoms. The minimum atomic E-state index is -0.0208. The van der Waals surface area contributed by atoms with Gasteiger partial charge in [0.05, 0.1) is 12.6 Å². The summed E-state index contributed by atoms with van der Waals surface area (Å²) >= 11 is 2.02. The van der Waals surface area contributed by atoms with Crippen molar-refractivity contribution in [2.24, 2.45) is 4.99 Å². The summed E-state index contributed by atoms with van der Waals surface area (Å²) in [6.07, 6.45) is 2.13. The molecule has 1 aliphatic rings. The molecule has 0 aliphatic carbocycles. The van der Waals surface area contributed by atoms with Crippen LogP contribution in [0.15, 0.2) is 33.7 Å². The van der Waals surface area contributed by atoms with Crippen molar-refractivity contribution >= 4 is 52.7 Å². The van der Waals surface area contributed by atoms with E-state index in [4.69, 9.17) is 13.9 Å². The zero-order chi connectivity index (χ0) is 20.7. The van der Waals surface area contributed by atoms with Gasteiger partial charge in [0.2, 0.25) is 0 Å². The molecule has 168 valence electrons. The van der Waals surface area contributed by atoms with Crippen LogP contribution < -0.4 is 15.4 Å². The first kappa shape index (κ1) is 25.1. The van der Waals surface area contributed by atoms with Crippen LogP contribution in [0, 0.1) is 0 Å². The number of hydrogen-bond acceptors (Lipinski definition) is 5. The van der Waals surface area contributed by atoms with E-state index in [1.807, 2.05) is 36.9 Å². The van der Waals surface area contributed by atoms with E-state index in [0.717, 1.165) is 66.8 Å². The monoisotopic (exact) mass is 547 g/mol. The third kappa shape index (κ3) is 6.20. The number of fused-ring (bicyclic) bond motifs is 1. The Labute approximate surface area is 200 Å². The predicted octanol–water partition coefficient (Wildman–Crippen LogP) is 4.98. The van der Waals surface area contributed by atoms with Gasteiger partial charge in [-0.25, -0.2) is 0 Å². The molecule has 3 rings (SSSR count). The maximum absolute atomic E-state index is 6.12. The Morgan fingerprint density at radius 1 is 1.30 bits per heavy atom. The van der Waals surface area contributed by atoms with Gasteiger partial charge >= 0.3 is 0 Å². The summed E-state index contributed by atoms with van der Waals surface area (Å²) in [5.74, 6) is 3.53. The van der Waals surface area contributed by atoms with Crippen LogP contribution in [-0.4, -0.2) is 49.9 Å². The highest BCUT2D eigenvalue weighted by Gasteiger charge is 2.32. The number of aliphatic imine (C=N–C) groups is 1. The van der Waals surface area contributed by atoms with Crippen molar-refractivity contribution in [2.75, 3.05) is 39.2 Å². The van der Waals surface area contributed by atoms with E-state index >= 15 is 0 Å². The van der Waals surface area contributed by atoms with E-state index in [9.17, 15) is 0 Å². The smallest absolute Gasteiger partial charge is 0.191 e. The Balaban J connectivity index is 0.00000320. The van der Waals surface area contributed by atoms with Gasteiger partial charge in [-0.2, -0.15) is 11.8 Å². The minimum absolute atomic E-state index is 0. The molecular formula is C22H34IN3O3S. The van der Waals surface area contributed by atoms with Gasteiger partial charge in [0.25, 0.3) is 0 Å². The molecule has 1 aliphatic heterocycles. The maximum Gasteiger partial charge on any atom is 0.191 e. The Kier molecular flexibility index (Phi) is 10.1. The summed E-state index contributed by atoms with van der Waals surface area (Å²) in [7, 11) is 1.80. The fourth-order valence-electron chi connectivity index (χ4n) is 3.68. The second kappa shape index (κ2) is 12.0. The van der Waals surface area contributed by atoms with E-state index in [0.29, 0.717) is 6.61 Å². The van der Waals surface area contributed by atoms with Crippen LogP contribution in [0.5, 0.6) is 5.75 Å². The summed E-state index contributed by atoms with van der Waals surface area (Å²) in [6, 6.07) is 8.02. The van der Waals surface area contributed by atoms with Gasteiger partial charge in [-0.3, -0.25) is 4.99 Å². The topological polar surface area (TPSA) is 68.0 Å². The number of benzene rings is 1. The fourth-order valence-corrected chi connectivity index (χ4v) is 4.92. The van der Waals surface area contributed by atoms with Crippen molar-refractivity contribution in [3.05, 3.63) is 30.0 Å². The molecule has 0 radical (unpaired) electrons. The quantitative estimate of drug-likeness (QED) is 0.276. The number of halogens is 1. The Morgan fingerprint density at radius 3 is 2.73 bits per heavy atom. The van der Waals surface area contributed by atoms with Crippen LogP contribution in [0.25, 0.3) is 11.0 Å². The molecule has 0 spiro atoms. The Morgan fingerprint density at radius 2 is 2.07 bits per heavy atom. The second-order valence-corrected chi connectivity index (χ2v) is 9.01. The van der Waals surface area contributed by atoms with Gasteiger partial charge in [0.15, 0.2) is 17.3 Å². The number of furan rings is 1. The molecular weight excluding hydrogens is 513 g/mol. The lowest BCUT2D eigenvalue weighted by atomic mass is 9.99. The number of nitrogens with zero attached hydrogens (tertiary/aromatic N) is 1. The van der Waals surface area contributed by atoms with Gasteiger partial charge in [0.1, 0.15) is 5.76 Å². The Bertz CT molecular complexity index is 816. The number of thioether (sulfide) groups is 1. The average molecular weight is 548 g/mol. The first-order chi connectivity index (χ1) is 14.1. The summed E-state index contributed by atoms with van der Waals surface area (Å²) in [5, 5.41) is 8.03. The third-order valence-corrected chi connectivity index (χ3v) is 6.72. The predicted molar refractivity (Wildman–Crippen MR) is 137 cm³/mol. The molecule has 1 aromatic heterocycles. The first-order valence-corrected chi connectivity index (χ1v) is 11.4. The molecule has 2 N–H and O–H groups in total. The molecule has 0 saturated carbocycles. The van der Waals surface area contributed by atoms with E-state index in [1.54, 1.807) is 7.05 Å². The summed E-state index contributed by atoms with van der Waals surface area (Å²) in [4.78, 5) is 4.42. The van der Waals surface area contributed by atoms with Crippen LogP contribution >= 0.6 is 35.7 Å². The van der Waals surface area contributed by atoms with Crippen LogP contribution in [0.2, 0.25) is 0 Å².